The van der Waals surface area contributed by atoms with Gasteiger partial charge in [-0.2, -0.15) is 13.2 Å². The second-order valence-electron chi connectivity index (χ2n) is 6.44. The number of oxazole rings is 1. The number of ether oxygens (including phenoxy) is 1. The van der Waals surface area contributed by atoms with Crippen LogP contribution in [0, 0.1) is 0 Å². The van der Waals surface area contributed by atoms with Gasteiger partial charge in [0.1, 0.15) is 11.3 Å². The van der Waals surface area contributed by atoms with Crippen molar-refractivity contribution in [2.45, 2.75) is 12.3 Å². The third-order valence-electron chi connectivity index (χ3n) is 4.40. The topological polar surface area (TPSA) is 72.6 Å². The summed E-state index contributed by atoms with van der Waals surface area (Å²) in [7, 11) is 0. The molecule has 0 fully saturated rings. The second kappa shape index (κ2) is 7.55. The van der Waals surface area contributed by atoms with E-state index in [1.807, 2.05) is 0 Å². The predicted molar refractivity (Wildman–Crippen MR) is 102 cm³/mol. The SMILES string of the molecule is O=C(O)C(Oc1ccc(C(F)(F)F)cc1-c1nc2ccccc2o1)c1ccccc1. The third-order valence-corrected chi connectivity index (χ3v) is 4.40. The van der Waals surface area contributed by atoms with Gasteiger partial charge in [-0.3, -0.25) is 0 Å². The van der Waals surface area contributed by atoms with Crippen LogP contribution in [0.1, 0.15) is 17.2 Å². The lowest BCUT2D eigenvalue weighted by molar-refractivity contribution is -0.145. The molecule has 1 unspecified atom stereocenters. The van der Waals surface area contributed by atoms with E-state index in [4.69, 9.17) is 9.15 Å². The summed E-state index contributed by atoms with van der Waals surface area (Å²) < 4.78 is 51.1. The van der Waals surface area contributed by atoms with Gasteiger partial charge in [0.05, 0.1) is 11.1 Å². The van der Waals surface area contributed by atoms with E-state index in [0.717, 1.165) is 18.2 Å². The van der Waals surface area contributed by atoms with Crippen LogP contribution < -0.4 is 4.74 Å². The van der Waals surface area contributed by atoms with E-state index < -0.39 is 23.8 Å². The molecule has 8 heteroatoms. The minimum Gasteiger partial charge on any atom is -0.478 e. The molecule has 1 atom stereocenters. The summed E-state index contributed by atoms with van der Waals surface area (Å²) in [6.07, 6.45) is -6.03. The van der Waals surface area contributed by atoms with E-state index in [-0.39, 0.29) is 17.2 Å². The number of aromatic nitrogens is 1. The van der Waals surface area contributed by atoms with E-state index in [2.05, 4.69) is 4.98 Å². The fraction of sp³-hybridized carbons (Fsp3) is 0.0909. The quantitative estimate of drug-likeness (QED) is 0.453. The fourth-order valence-electron chi connectivity index (χ4n) is 2.98. The zero-order chi connectivity index (χ0) is 21.3. The number of hydrogen-bond donors (Lipinski definition) is 1. The average Bonchev–Trinajstić information content (AvgIpc) is 3.15. The molecular weight excluding hydrogens is 399 g/mol. The lowest BCUT2D eigenvalue weighted by Gasteiger charge is -2.18. The summed E-state index contributed by atoms with van der Waals surface area (Å²) in [6, 6.07) is 17.6. The molecule has 5 nitrogen and oxygen atoms in total. The summed E-state index contributed by atoms with van der Waals surface area (Å²) in [5.74, 6) is -1.48. The highest BCUT2D eigenvalue weighted by molar-refractivity contribution is 5.79. The van der Waals surface area contributed by atoms with Gasteiger partial charge in [-0.1, -0.05) is 42.5 Å². The van der Waals surface area contributed by atoms with Crippen molar-refractivity contribution in [3.05, 3.63) is 83.9 Å². The number of para-hydroxylation sites is 2. The number of rotatable bonds is 5. The molecule has 4 aromatic rings. The Morgan fingerprint density at radius 1 is 1.00 bits per heavy atom. The van der Waals surface area contributed by atoms with Gasteiger partial charge in [0.2, 0.25) is 12.0 Å². The molecule has 0 bridgehead atoms. The maximum absolute atomic E-state index is 13.3. The van der Waals surface area contributed by atoms with E-state index >= 15 is 0 Å². The van der Waals surface area contributed by atoms with Gasteiger partial charge in [-0.25, -0.2) is 9.78 Å². The van der Waals surface area contributed by atoms with Gasteiger partial charge in [0.25, 0.3) is 0 Å². The molecule has 1 heterocycles. The van der Waals surface area contributed by atoms with Gasteiger partial charge < -0.3 is 14.3 Å². The lowest BCUT2D eigenvalue weighted by atomic mass is 10.1. The summed E-state index contributed by atoms with van der Waals surface area (Å²) in [6.45, 7) is 0. The van der Waals surface area contributed by atoms with Crippen molar-refractivity contribution < 1.29 is 32.2 Å². The smallest absolute Gasteiger partial charge is 0.416 e. The molecule has 30 heavy (non-hydrogen) atoms. The summed E-state index contributed by atoms with van der Waals surface area (Å²) in [4.78, 5) is 16.0. The summed E-state index contributed by atoms with van der Waals surface area (Å²) in [5.41, 5.74) is 0.151. The second-order valence-corrected chi connectivity index (χ2v) is 6.44. The molecule has 0 spiro atoms. The van der Waals surface area contributed by atoms with E-state index in [0.29, 0.717) is 16.7 Å². The number of alkyl halides is 3. The number of halogens is 3. The van der Waals surface area contributed by atoms with Crippen LogP contribution in [0.4, 0.5) is 13.2 Å². The Morgan fingerprint density at radius 2 is 1.70 bits per heavy atom. The highest BCUT2D eigenvalue weighted by atomic mass is 19.4. The first-order valence-electron chi connectivity index (χ1n) is 8.84. The summed E-state index contributed by atoms with van der Waals surface area (Å²) in [5, 5.41) is 9.60. The first-order chi connectivity index (χ1) is 14.3. The Balaban J connectivity index is 1.83. The third kappa shape index (κ3) is 3.84. The molecule has 0 radical (unpaired) electrons. The zero-order valence-electron chi connectivity index (χ0n) is 15.3. The van der Waals surface area contributed by atoms with Crippen molar-refractivity contribution >= 4 is 17.1 Å². The maximum atomic E-state index is 13.3. The maximum Gasteiger partial charge on any atom is 0.416 e. The molecule has 0 aliphatic carbocycles. The monoisotopic (exact) mass is 413 g/mol. The average molecular weight is 413 g/mol. The van der Waals surface area contributed by atoms with Crippen LogP contribution in [-0.2, 0) is 11.0 Å². The highest BCUT2D eigenvalue weighted by Gasteiger charge is 2.33. The minimum atomic E-state index is -4.61. The number of nitrogens with zero attached hydrogens (tertiary/aromatic N) is 1. The molecular formula is C22H14F3NO4. The van der Waals surface area contributed by atoms with Crippen LogP contribution in [-0.4, -0.2) is 16.1 Å². The van der Waals surface area contributed by atoms with Gasteiger partial charge in [0, 0.05) is 5.56 Å². The largest absolute Gasteiger partial charge is 0.478 e. The van der Waals surface area contributed by atoms with Crippen molar-refractivity contribution in [3.63, 3.8) is 0 Å². The van der Waals surface area contributed by atoms with Crippen LogP contribution in [0.3, 0.4) is 0 Å². The molecule has 4 rings (SSSR count). The Kier molecular flexibility index (Phi) is 4.91. The van der Waals surface area contributed by atoms with Crippen molar-refractivity contribution in [2.75, 3.05) is 0 Å². The first-order valence-corrected chi connectivity index (χ1v) is 8.84. The number of benzene rings is 3. The predicted octanol–water partition coefficient (Wildman–Crippen LogP) is 5.72. The van der Waals surface area contributed by atoms with Crippen molar-refractivity contribution in [3.8, 4) is 17.2 Å². The summed E-state index contributed by atoms with van der Waals surface area (Å²) >= 11 is 0. The van der Waals surface area contributed by atoms with Crippen LogP contribution in [0.2, 0.25) is 0 Å². The fourth-order valence-corrected chi connectivity index (χ4v) is 2.98. The molecule has 0 amide bonds. The zero-order valence-corrected chi connectivity index (χ0v) is 15.3. The lowest BCUT2D eigenvalue weighted by Crippen LogP contribution is -2.18. The van der Waals surface area contributed by atoms with Crippen LogP contribution in [0.25, 0.3) is 22.6 Å². The Bertz CT molecular complexity index is 1170. The van der Waals surface area contributed by atoms with Crippen molar-refractivity contribution in [1.82, 2.24) is 4.98 Å². The van der Waals surface area contributed by atoms with Gasteiger partial charge in [-0.15, -0.1) is 0 Å². The standard InChI is InChI=1S/C22H14F3NO4/c23-22(24,25)14-10-11-17(29-19(21(27)28)13-6-2-1-3-7-13)15(12-14)20-26-16-8-4-5-9-18(16)30-20/h1-12,19H,(H,27,28). The van der Waals surface area contributed by atoms with Crippen LogP contribution in [0.5, 0.6) is 5.75 Å². The van der Waals surface area contributed by atoms with Crippen LogP contribution >= 0.6 is 0 Å². The van der Waals surface area contributed by atoms with Crippen LogP contribution in [0.15, 0.2) is 77.2 Å². The molecule has 1 N–H and O–H groups in total. The molecule has 3 aromatic carbocycles. The Morgan fingerprint density at radius 3 is 2.37 bits per heavy atom. The van der Waals surface area contributed by atoms with Crippen molar-refractivity contribution in [2.24, 2.45) is 0 Å². The molecule has 0 saturated carbocycles. The van der Waals surface area contributed by atoms with Gasteiger partial charge in [-0.05, 0) is 30.3 Å². The number of carboxylic acids is 1. The molecule has 0 saturated heterocycles. The molecule has 0 aliphatic rings. The number of aliphatic carboxylic acids is 1. The molecule has 0 aliphatic heterocycles. The number of carbonyl (C=O) groups is 1. The van der Waals surface area contributed by atoms with Gasteiger partial charge in [0.15, 0.2) is 5.58 Å². The Labute approximate surface area is 168 Å². The van der Waals surface area contributed by atoms with Crippen molar-refractivity contribution in [1.29, 1.82) is 0 Å². The van der Waals surface area contributed by atoms with E-state index in [9.17, 15) is 23.1 Å². The highest BCUT2D eigenvalue weighted by Crippen LogP contribution is 2.39. The number of fused-ring (bicyclic) bond motifs is 1. The van der Waals surface area contributed by atoms with E-state index in [1.165, 1.54) is 0 Å². The first kappa shape index (κ1) is 19.5. The number of carboxylic acid groups (broad SMARTS) is 1. The normalized spacial score (nSPS) is 12.6. The minimum absolute atomic E-state index is 0.0918. The van der Waals surface area contributed by atoms with E-state index in [1.54, 1.807) is 54.6 Å². The number of hydrogen-bond acceptors (Lipinski definition) is 4. The molecule has 1 aromatic heterocycles. The van der Waals surface area contributed by atoms with Gasteiger partial charge >= 0.3 is 12.1 Å². The molecule has 152 valence electrons. The Hall–Kier alpha value is -3.81.